The van der Waals surface area contributed by atoms with Crippen molar-refractivity contribution in [3.63, 3.8) is 0 Å². The summed E-state index contributed by atoms with van der Waals surface area (Å²) in [6, 6.07) is 45.5. The van der Waals surface area contributed by atoms with Crippen LogP contribution in [0.5, 0.6) is 23.0 Å². The maximum Gasteiger partial charge on any atom is 0.147 e. The Hall–Kier alpha value is -9.30. The molecule has 0 saturated carbocycles. The van der Waals surface area contributed by atoms with Gasteiger partial charge in [0.15, 0.2) is 0 Å². The quantitative estimate of drug-likeness (QED) is 0.130. The standard InChI is InChI=1S/C58H50N12O2/c1-39-23-55-56(24-40(39)2)70(46-28-50(32-62-30-46)72-48-12-8-10-44(26-48)66-36-64(4)58-34-60-22-20-54(58)66)38-68(55)42-17-15-41(16-18-42)67-37-69(52-14-6-5-13-51(52)67)45-27-49(31-61-29-45)71-47-11-7-9-43(25-47)65-35-63(3)57-33-59-21-19-53(57)65/h5-34H,35-38H2,1-4H3/i3D3. The van der Waals surface area contributed by atoms with E-state index >= 15 is 0 Å². The molecule has 13 rings (SSSR count). The Morgan fingerprint density at radius 2 is 0.792 bits per heavy atom. The number of fused-ring (bicyclic) bond motifs is 4. The molecule has 4 aliphatic rings. The number of hydrogen-bond acceptors (Lipinski definition) is 14. The van der Waals surface area contributed by atoms with E-state index in [0.717, 1.165) is 86.4 Å². The Kier molecular flexibility index (Phi) is 9.49. The van der Waals surface area contributed by atoms with E-state index in [1.54, 1.807) is 24.8 Å². The van der Waals surface area contributed by atoms with Crippen molar-refractivity contribution in [2.75, 3.05) is 79.9 Å². The van der Waals surface area contributed by atoms with Crippen LogP contribution in [-0.4, -0.2) is 60.6 Å². The Morgan fingerprint density at radius 1 is 0.361 bits per heavy atom. The second kappa shape index (κ2) is 17.3. The molecular formula is C58H50N12O2. The Bertz CT molecular complexity index is 3660. The summed E-state index contributed by atoms with van der Waals surface area (Å²) in [6.07, 6.45) is 14.2. The Balaban J connectivity index is 0.727. The average molecular weight is 950 g/mol. The van der Waals surface area contributed by atoms with Crippen LogP contribution in [0.3, 0.4) is 0 Å². The van der Waals surface area contributed by atoms with Crippen LogP contribution >= 0.6 is 0 Å². The number of aryl methyl sites for hydroxylation is 2. The summed E-state index contributed by atoms with van der Waals surface area (Å²) in [5.41, 5.74) is 16.1. The van der Waals surface area contributed by atoms with Crippen LogP contribution in [0.15, 0.2) is 183 Å². The summed E-state index contributed by atoms with van der Waals surface area (Å²) < 4.78 is 37.4. The predicted octanol–water partition coefficient (Wildman–Crippen LogP) is 13.1. The first-order chi connectivity index (χ1) is 36.5. The highest BCUT2D eigenvalue weighted by molar-refractivity contribution is 5.90. The third kappa shape index (κ3) is 7.51. The molecule has 0 saturated heterocycles. The number of aromatic nitrogens is 4. The number of nitrogens with zero attached hydrogens (tertiary/aromatic N) is 12. The van der Waals surface area contributed by atoms with Gasteiger partial charge in [-0.15, -0.1) is 0 Å². The van der Waals surface area contributed by atoms with Gasteiger partial charge in [0.05, 0.1) is 107 Å². The molecule has 14 heteroatoms. The number of ether oxygens (including phenoxy) is 2. The van der Waals surface area contributed by atoms with Crippen LogP contribution in [0.4, 0.5) is 79.6 Å². The second-order valence-electron chi connectivity index (χ2n) is 18.4. The van der Waals surface area contributed by atoms with Gasteiger partial charge in [0.1, 0.15) is 36.3 Å². The van der Waals surface area contributed by atoms with Crippen molar-refractivity contribution >= 4 is 79.6 Å². The van der Waals surface area contributed by atoms with Crippen LogP contribution in [0.1, 0.15) is 15.2 Å². The van der Waals surface area contributed by atoms with Crippen LogP contribution in [0, 0.1) is 13.8 Å². The van der Waals surface area contributed by atoms with E-state index in [9.17, 15) is 0 Å². The number of anilines is 14. The number of rotatable bonds is 10. The van der Waals surface area contributed by atoms with Gasteiger partial charge in [-0.3, -0.25) is 19.9 Å². The lowest BCUT2D eigenvalue weighted by molar-refractivity contribution is 0.480. The summed E-state index contributed by atoms with van der Waals surface area (Å²) in [5, 5.41) is 0. The van der Waals surface area contributed by atoms with Crippen molar-refractivity contribution in [3.05, 3.63) is 194 Å². The SMILES string of the molecule is [2H]C([2H])([2H])N1CN(c2cccc(Oc3cncc(N4CN(c5ccc(N6CN(c7cncc(Oc8cccc(N9CN(C)c%10cnccc%109)c8)c7)c7cc(C)c(C)cc76)cc5)c5ccccc54)c3)c2)c2ccncc21. The van der Waals surface area contributed by atoms with Gasteiger partial charge in [0.25, 0.3) is 0 Å². The van der Waals surface area contributed by atoms with Crippen LogP contribution in [0.2, 0.25) is 0 Å². The van der Waals surface area contributed by atoms with E-state index in [2.05, 4.69) is 149 Å². The van der Waals surface area contributed by atoms with Crippen LogP contribution < -0.4 is 48.7 Å². The fourth-order valence-corrected chi connectivity index (χ4v) is 10.2. The minimum Gasteiger partial charge on any atom is -0.456 e. The van der Waals surface area contributed by atoms with Gasteiger partial charge < -0.3 is 48.7 Å². The molecule has 0 unspecified atom stereocenters. The molecular weight excluding hydrogens is 897 g/mol. The van der Waals surface area contributed by atoms with E-state index < -0.39 is 6.98 Å². The highest BCUT2D eigenvalue weighted by atomic mass is 16.5. The molecule has 0 fully saturated rings. The third-order valence-electron chi connectivity index (χ3n) is 13.9. The second-order valence-corrected chi connectivity index (χ2v) is 18.4. The number of hydrogen-bond donors (Lipinski definition) is 0. The topological polar surface area (TPSA) is 95.9 Å². The van der Waals surface area contributed by atoms with Crippen molar-refractivity contribution in [2.45, 2.75) is 13.8 Å². The molecule has 4 aromatic heterocycles. The fraction of sp³-hybridized carbons (Fsp3) is 0.138. The first-order valence-electron chi connectivity index (χ1n) is 25.3. The van der Waals surface area contributed by atoms with Crippen molar-refractivity contribution < 1.29 is 13.6 Å². The Labute approximate surface area is 422 Å². The van der Waals surface area contributed by atoms with Crippen molar-refractivity contribution in [3.8, 4) is 23.0 Å². The molecule has 8 heterocycles. The maximum atomic E-state index is 8.12. The molecule has 9 aromatic rings. The van der Waals surface area contributed by atoms with E-state index in [4.69, 9.17) is 13.6 Å². The van der Waals surface area contributed by atoms with Crippen LogP contribution in [0.25, 0.3) is 0 Å². The zero-order valence-electron chi connectivity index (χ0n) is 42.8. The van der Waals surface area contributed by atoms with E-state index in [-0.39, 0.29) is 6.67 Å². The maximum absolute atomic E-state index is 8.12. The van der Waals surface area contributed by atoms with E-state index in [0.29, 0.717) is 36.3 Å². The van der Waals surface area contributed by atoms with Gasteiger partial charge in [0, 0.05) is 77.5 Å². The van der Waals surface area contributed by atoms with Gasteiger partial charge in [-0.1, -0.05) is 24.3 Å². The molecule has 4 aliphatic heterocycles. The molecule has 0 bridgehead atoms. The van der Waals surface area contributed by atoms with Crippen molar-refractivity contribution in [2.24, 2.45) is 0 Å². The highest BCUT2D eigenvalue weighted by Gasteiger charge is 2.32. The lowest BCUT2D eigenvalue weighted by atomic mass is 10.1. The zero-order valence-corrected chi connectivity index (χ0v) is 39.8. The lowest BCUT2D eigenvalue weighted by Crippen LogP contribution is -2.25. The first kappa shape index (κ1) is 39.5. The van der Waals surface area contributed by atoms with E-state index in [1.165, 1.54) is 16.0 Å². The summed E-state index contributed by atoms with van der Waals surface area (Å²) in [5.74, 6) is 2.54. The molecule has 72 heavy (non-hydrogen) atoms. The predicted molar refractivity (Wildman–Crippen MR) is 288 cm³/mol. The number of pyridine rings is 4. The molecule has 0 aliphatic carbocycles. The van der Waals surface area contributed by atoms with E-state index in [1.807, 2.05) is 84.3 Å². The van der Waals surface area contributed by atoms with Crippen molar-refractivity contribution in [1.29, 1.82) is 0 Å². The van der Waals surface area contributed by atoms with Gasteiger partial charge >= 0.3 is 0 Å². The van der Waals surface area contributed by atoms with Gasteiger partial charge in [-0.05, 0) is 110 Å². The fourth-order valence-electron chi connectivity index (χ4n) is 10.2. The molecule has 0 amide bonds. The molecule has 5 aromatic carbocycles. The third-order valence-corrected chi connectivity index (χ3v) is 13.9. The van der Waals surface area contributed by atoms with Crippen LogP contribution in [-0.2, 0) is 0 Å². The average Bonchev–Trinajstić information content (AvgIpc) is 4.22. The zero-order chi connectivity index (χ0) is 51.0. The normalized spacial score (nSPS) is 15.3. The van der Waals surface area contributed by atoms with Crippen molar-refractivity contribution in [1.82, 2.24) is 19.9 Å². The monoisotopic (exact) mass is 949 g/mol. The Morgan fingerprint density at radius 3 is 1.32 bits per heavy atom. The number of benzene rings is 5. The summed E-state index contributed by atoms with van der Waals surface area (Å²) in [7, 11) is 2.07. The molecule has 0 N–H and O–H groups in total. The molecule has 0 spiro atoms. The highest BCUT2D eigenvalue weighted by Crippen LogP contribution is 2.49. The van der Waals surface area contributed by atoms with Gasteiger partial charge in [-0.2, -0.15) is 0 Å². The molecule has 0 atom stereocenters. The molecule has 0 radical (unpaired) electrons. The number of para-hydroxylation sites is 2. The largest absolute Gasteiger partial charge is 0.456 e. The summed E-state index contributed by atoms with van der Waals surface area (Å²) >= 11 is 0. The molecule has 14 nitrogen and oxygen atoms in total. The minimum atomic E-state index is -2.32. The first-order valence-corrected chi connectivity index (χ1v) is 23.8. The van der Waals surface area contributed by atoms with Gasteiger partial charge in [-0.25, -0.2) is 0 Å². The lowest BCUT2D eigenvalue weighted by Gasteiger charge is -2.24. The summed E-state index contributed by atoms with van der Waals surface area (Å²) in [4.78, 5) is 34.8. The minimum absolute atomic E-state index is 0.157. The molecule has 354 valence electrons. The summed E-state index contributed by atoms with van der Waals surface area (Å²) in [6.45, 7) is 4.01. The smallest absolute Gasteiger partial charge is 0.147 e. The van der Waals surface area contributed by atoms with Gasteiger partial charge in [0.2, 0.25) is 0 Å².